The van der Waals surface area contributed by atoms with Gasteiger partial charge in [-0.05, 0) is 18.4 Å². The van der Waals surface area contributed by atoms with E-state index in [1.807, 2.05) is 13.0 Å². The summed E-state index contributed by atoms with van der Waals surface area (Å²) in [5, 5.41) is 1.38. The largest absolute Gasteiger partial charge is 0.466 e. The summed E-state index contributed by atoms with van der Waals surface area (Å²) in [6.07, 6.45) is 5.98. The predicted octanol–water partition coefficient (Wildman–Crippen LogP) is 2.69. The van der Waals surface area contributed by atoms with Crippen LogP contribution < -0.4 is 5.30 Å². The molecule has 0 spiro atoms. The highest BCUT2D eigenvalue weighted by Gasteiger charge is 2.26. The molecule has 0 aliphatic carbocycles. The minimum atomic E-state index is -0.259. The molecule has 2 rings (SSSR count). The van der Waals surface area contributed by atoms with E-state index in [2.05, 4.69) is 36.4 Å². The number of esters is 1. The topological polar surface area (TPSA) is 26.3 Å². The highest BCUT2D eigenvalue weighted by Crippen LogP contribution is 2.46. The average Bonchev–Trinajstić information content (AvgIpc) is 2.78. The zero-order chi connectivity index (χ0) is 12.1. The Morgan fingerprint density at radius 1 is 1.41 bits per heavy atom. The normalized spacial score (nSPS) is 22.6. The van der Waals surface area contributed by atoms with E-state index in [4.69, 9.17) is 4.74 Å². The summed E-state index contributed by atoms with van der Waals surface area (Å²) in [6, 6.07) is 10.5. The van der Waals surface area contributed by atoms with Crippen LogP contribution in [-0.2, 0) is 9.53 Å². The number of carbonyl (C=O) groups excluding carboxylic acids is 1. The number of allylic oxidation sites excluding steroid dienone is 2. The van der Waals surface area contributed by atoms with E-state index in [1.165, 1.54) is 5.30 Å². The Bertz CT molecular complexity index is 400. The third-order valence-electron chi connectivity index (χ3n) is 2.83. The molecule has 0 aromatic heterocycles. The minimum absolute atomic E-state index is 0.0764. The van der Waals surface area contributed by atoms with Gasteiger partial charge in [0.1, 0.15) is 0 Å². The van der Waals surface area contributed by atoms with Gasteiger partial charge >= 0.3 is 5.97 Å². The van der Waals surface area contributed by atoms with Gasteiger partial charge < -0.3 is 4.74 Å². The molecule has 3 heteroatoms. The number of benzene rings is 1. The summed E-state index contributed by atoms with van der Waals surface area (Å²) >= 11 is 0. The number of hydrogen-bond acceptors (Lipinski definition) is 2. The fourth-order valence-corrected chi connectivity index (χ4v) is 4.52. The second-order valence-corrected chi connectivity index (χ2v) is 6.48. The Morgan fingerprint density at radius 2 is 2.18 bits per heavy atom. The Kier molecular flexibility index (Phi) is 4.33. The predicted molar refractivity (Wildman–Crippen MR) is 72.0 cm³/mol. The second-order valence-electron chi connectivity index (χ2n) is 3.99. The molecule has 90 valence electrons. The molecule has 2 nitrogen and oxygen atoms in total. The van der Waals surface area contributed by atoms with E-state index in [0.29, 0.717) is 18.7 Å². The van der Waals surface area contributed by atoms with Crippen LogP contribution in [0, 0.1) is 0 Å². The first kappa shape index (κ1) is 12.3. The first-order chi connectivity index (χ1) is 8.31. The van der Waals surface area contributed by atoms with Crippen molar-refractivity contribution in [1.29, 1.82) is 0 Å². The monoisotopic (exact) mass is 248 g/mol. The van der Waals surface area contributed by atoms with Crippen molar-refractivity contribution in [3.63, 3.8) is 0 Å². The second kappa shape index (κ2) is 5.97. The fraction of sp³-hybridized carbons (Fsp3) is 0.357. The van der Waals surface area contributed by atoms with Gasteiger partial charge in [0.15, 0.2) is 0 Å². The molecule has 1 aliphatic rings. The molecule has 0 N–H and O–H groups in total. The summed E-state index contributed by atoms with van der Waals surface area (Å²) in [6.45, 7) is 2.32. The Balaban J connectivity index is 2.02. The van der Waals surface area contributed by atoms with Crippen molar-refractivity contribution in [2.45, 2.75) is 19.0 Å². The standard InChI is InChI=1S/C14H17O2P/c1-2-16-14(15)11-13-9-6-10-17(13)12-7-4-3-5-8-12/h3-9,13H,2,10-11H2,1H3/t13?,17-/m0/s1. The van der Waals surface area contributed by atoms with E-state index in [1.54, 1.807) is 0 Å². The number of carbonyl (C=O) groups is 1. The molecule has 1 aromatic carbocycles. The Hall–Kier alpha value is -1.14. The van der Waals surface area contributed by atoms with Gasteiger partial charge in [0.2, 0.25) is 0 Å². The number of hydrogen-bond donors (Lipinski definition) is 0. The number of rotatable bonds is 4. The van der Waals surface area contributed by atoms with Crippen LogP contribution in [0.2, 0.25) is 0 Å². The molecule has 0 saturated carbocycles. The maximum Gasteiger partial charge on any atom is 0.306 e. The highest BCUT2D eigenvalue weighted by atomic mass is 31.1. The third-order valence-corrected chi connectivity index (χ3v) is 5.55. The van der Waals surface area contributed by atoms with Crippen molar-refractivity contribution < 1.29 is 9.53 Å². The first-order valence-corrected chi connectivity index (χ1v) is 7.55. The molecule has 2 atom stereocenters. The van der Waals surface area contributed by atoms with Crippen molar-refractivity contribution in [2.24, 2.45) is 0 Å². The lowest BCUT2D eigenvalue weighted by molar-refractivity contribution is -0.142. The van der Waals surface area contributed by atoms with Crippen LogP contribution in [-0.4, -0.2) is 24.4 Å². The van der Waals surface area contributed by atoms with Gasteiger partial charge in [-0.2, -0.15) is 0 Å². The molecule has 0 radical (unpaired) electrons. The van der Waals surface area contributed by atoms with Crippen LogP contribution in [0.25, 0.3) is 0 Å². The summed E-state index contributed by atoms with van der Waals surface area (Å²) in [5.74, 6) is -0.0764. The lowest BCUT2D eigenvalue weighted by Gasteiger charge is -2.19. The van der Waals surface area contributed by atoms with Gasteiger partial charge in [-0.3, -0.25) is 4.79 Å². The van der Waals surface area contributed by atoms with Crippen LogP contribution in [0.1, 0.15) is 13.3 Å². The molecule has 1 unspecified atom stereocenters. The Morgan fingerprint density at radius 3 is 2.88 bits per heavy atom. The zero-order valence-corrected chi connectivity index (χ0v) is 10.9. The Labute approximate surface area is 103 Å². The maximum atomic E-state index is 11.5. The minimum Gasteiger partial charge on any atom is -0.466 e. The lowest BCUT2D eigenvalue weighted by Crippen LogP contribution is -2.16. The van der Waals surface area contributed by atoms with Crippen LogP contribution in [0.15, 0.2) is 42.5 Å². The van der Waals surface area contributed by atoms with Gasteiger partial charge in [-0.1, -0.05) is 50.4 Å². The zero-order valence-electron chi connectivity index (χ0n) is 10.0. The quantitative estimate of drug-likeness (QED) is 0.465. The molecular weight excluding hydrogens is 231 g/mol. The molecule has 0 saturated heterocycles. The molecule has 17 heavy (non-hydrogen) atoms. The van der Waals surface area contributed by atoms with Gasteiger partial charge in [0.05, 0.1) is 13.0 Å². The van der Waals surface area contributed by atoms with Crippen LogP contribution in [0.4, 0.5) is 0 Å². The molecule has 1 aliphatic heterocycles. The highest BCUT2D eigenvalue weighted by molar-refractivity contribution is 7.67. The van der Waals surface area contributed by atoms with Crippen molar-refractivity contribution in [3.8, 4) is 0 Å². The van der Waals surface area contributed by atoms with Gasteiger partial charge in [0, 0.05) is 5.66 Å². The van der Waals surface area contributed by atoms with Gasteiger partial charge in [0.25, 0.3) is 0 Å². The van der Waals surface area contributed by atoms with Crippen LogP contribution in [0.5, 0.6) is 0 Å². The van der Waals surface area contributed by atoms with Crippen LogP contribution >= 0.6 is 7.92 Å². The molecule has 1 aromatic rings. The first-order valence-electron chi connectivity index (χ1n) is 5.95. The van der Waals surface area contributed by atoms with Crippen molar-refractivity contribution >= 4 is 19.2 Å². The smallest absolute Gasteiger partial charge is 0.306 e. The van der Waals surface area contributed by atoms with Gasteiger partial charge in [-0.25, -0.2) is 0 Å². The third kappa shape index (κ3) is 3.17. The van der Waals surface area contributed by atoms with Gasteiger partial charge in [-0.15, -0.1) is 0 Å². The van der Waals surface area contributed by atoms with Crippen molar-refractivity contribution in [3.05, 3.63) is 42.5 Å². The maximum absolute atomic E-state index is 11.5. The molecule has 1 heterocycles. The molecule has 0 bridgehead atoms. The SMILES string of the molecule is CCOC(=O)CC1C=CC[P@@]1c1ccccc1. The van der Waals surface area contributed by atoms with E-state index in [-0.39, 0.29) is 13.9 Å². The molecular formula is C14H17O2P. The van der Waals surface area contributed by atoms with E-state index in [0.717, 1.165) is 6.16 Å². The van der Waals surface area contributed by atoms with E-state index in [9.17, 15) is 4.79 Å². The lowest BCUT2D eigenvalue weighted by atomic mass is 10.3. The van der Waals surface area contributed by atoms with E-state index >= 15 is 0 Å². The van der Waals surface area contributed by atoms with Crippen molar-refractivity contribution in [2.75, 3.05) is 12.8 Å². The fourth-order valence-electron chi connectivity index (χ4n) is 2.06. The summed E-state index contributed by atoms with van der Waals surface area (Å²) < 4.78 is 5.03. The van der Waals surface area contributed by atoms with Crippen LogP contribution in [0.3, 0.4) is 0 Å². The molecule has 0 amide bonds. The average molecular weight is 248 g/mol. The summed E-state index contributed by atoms with van der Waals surface area (Å²) in [5.41, 5.74) is 0.353. The number of ether oxygens (including phenoxy) is 1. The van der Waals surface area contributed by atoms with E-state index < -0.39 is 0 Å². The van der Waals surface area contributed by atoms with Crippen molar-refractivity contribution in [1.82, 2.24) is 0 Å². The summed E-state index contributed by atoms with van der Waals surface area (Å²) in [4.78, 5) is 11.5. The summed E-state index contributed by atoms with van der Waals surface area (Å²) in [7, 11) is -0.259. The molecule has 0 fully saturated rings.